The first kappa shape index (κ1) is 21.5. The molecule has 2 N–H and O–H groups in total. The van der Waals surface area contributed by atoms with E-state index >= 15 is 0 Å². The number of carbonyl (C=O) groups excluding carboxylic acids is 3. The maximum atomic E-state index is 12.8. The van der Waals surface area contributed by atoms with Crippen LogP contribution in [0.4, 0.5) is 4.79 Å². The summed E-state index contributed by atoms with van der Waals surface area (Å²) in [5, 5.41) is 4.66. The monoisotopic (exact) mass is 464 g/mol. The molecule has 8 heteroatoms. The van der Waals surface area contributed by atoms with Gasteiger partial charge < -0.3 is 15.2 Å². The van der Waals surface area contributed by atoms with Crippen LogP contribution in [0, 0.1) is 0 Å². The van der Waals surface area contributed by atoms with E-state index in [-0.39, 0.29) is 30.8 Å². The highest BCUT2D eigenvalue weighted by Gasteiger charge is 2.46. The van der Waals surface area contributed by atoms with Crippen LogP contribution >= 0.6 is 11.6 Å². The number of aromatic amines is 1. The molecule has 0 aliphatic carbocycles. The van der Waals surface area contributed by atoms with Crippen LogP contribution in [0.15, 0.2) is 48.7 Å². The largest absolute Gasteiger partial charge is 0.361 e. The van der Waals surface area contributed by atoms with E-state index in [1.165, 1.54) is 4.90 Å². The molecule has 2 aliphatic heterocycles. The summed E-state index contributed by atoms with van der Waals surface area (Å²) in [7, 11) is 0. The normalized spacial score (nSPS) is 17.4. The van der Waals surface area contributed by atoms with E-state index in [9.17, 15) is 14.4 Å². The number of aromatic nitrogens is 1. The molecule has 7 nitrogen and oxygen atoms in total. The first-order chi connectivity index (χ1) is 16.0. The molecule has 1 aromatic heterocycles. The number of carbonyl (C=O) groups is 3. The quantitative estimate of drug-likeness (QED) is 0.523. The van der Waals surface area contributed by atoms with E-state index in [2.05, 4.69) is 10.3 Å². The molecule has 2 aliphatic rings. The number of benzene rings is 2. The van der Waals surface area contributed by atoms with Gasteiger partial charge in [0.05, 0.1) is 0 Å². The number of fused-ring (bicyclic) bond motifs is 3. The van der Waals surface area contributed by atoms with E-state index in [4.69, 9.17) is 11.6 Å². The fraction of sp³-hybridized carbons (Fsp3) is 0.320. The first-order valence-corrected chi connectivity index (χ1v) is 11.6. The highest BCUT2D eigenvalue weighted by atomic mass is 35.5. The zero-order valence-electron chi connectivity index (χ0n) is 18.1. The van der Waals surface area contributed by atoms with Crippen molar-refractivity contribution in [3.05, 3.63) is 70.4 Å². The zero-order valence-corrected chi connectivity index (χ0v) is 18.9. The van der Waals surface area contributed by atoms with Gasteiger partial charge in [0.2, 0.25) is 5.91 Å². The molecular formula is C25H25ClN4O3. The van der Waals surface area contributed by atoms with Crippen LogP contribution in [-0.2, 0) is 29.0 Å². The number of hydrogen-bond donors (Lipinski definition) is 2. The third-order valence-electron chi connectivity index (χ3n) is 6.51. The molecule has 0 unspecified atom stereocenters. The smallest absolute Gasteiger partial charge is 0.327 e. The fourth-order valence-corrected chi connectivity index (χ4v) is 4.93. The SMILES string of the molecule is O=C(CCCN1C(=O)[C@H]2Cc3ccccc3CN2C1=O)NCCc1c[nH]c2ccc(Cl)cc12. The molecule has 1 saturated heterocycles. The van der Waals surface area contributed by atoms with Crippen molar-refractivity contribution in [2.45, 2.75) is 38.3 Å². The molecule has 1 fully saturated rings. The minimum absolute atomic E-state index is 0.0860. The number of urea groups is 1. The second kappa shape index (κ2) is 8.90. The van der Waals surface area contributed by atoms with E-state index in [0.29, 0.717) is 37.4 Å². The van der Waals surface area contributed by atoms with Crippen molar-refractivity contribution in [1.29, 1.82) is 0 Å². The molecule has 3 aromatic rings. The van der Waals surface area contributed by atoms with Gasteiger partial charge in [-0.1, -0.05) is 35.9 Å². The molecule has 170 valence electrons. The third kappa shape index (κ3) is 4.20. The molecule has 0 spiro atoms. The van der Waals surface area contributed by atoms with Gasteiger partial charge in [-0.05, 0) is 47.7 Å². The second-order valence-corrected chi connectivity index (χ2v) is 9.03. The van der Waals surface area contributed by atoms with E-state index in [1.807, 2.05) is 48.7 Å². The maximum Gasteiger partial charge on any atom is 0.327 e. The van der Waals surface area contributed by atoms with Crippen molar-refractivity contribution in [2.24, 2.45) is 0 Å². The Balaban J connectivity index is 1.09. The summed E-state index contributed by atoms with van der Waals surface area (Å²) in [5.74, 6) is -0.245. The van der Waals surface area contributed by atoms with Gasteiger partial charge in [0, 0.05) is 54.6 Å². The van der Waals surface area contributed by atoms with Crippen LogP contribution in [0.25, 0.3) is 10.9 Å². The number of H-pyrrole nitrogens is 1. The molecule has 0 bridgehead atoms. The Morgan fingerprint density at radius 2 is 1.97 bits per heavy atom. The van der Waals surface area contributed by atoms with Gasteiger partial charge in [0.25, 0.3) is 5.91 Å². The predicted octanol–water partition coefficient (Wildman–Crippen LogP) is 3.65. The van der Waals surface area contributed by atoms with E-state index in [0.717, 1.165) is 27.6 Å². The van der Waals surface area contributed by atoms with E-state index in [1.54, 1.807) is 4.90 Å². The van der Waals surface area contributed by atoms with Gasteiger partial charge in [0.15, 0.2) is 0 Å². The Morgan fingerprint density at radius 1 is 1.15 bits per heavy atom. The lowest BCUT2D eigenvalue weighted by atomic mass is 9.95. The lowest BCUT2D eigenvalue weighted by Crippen LogP contribution is -2.39. The van der Waals surface area contributed by atoms with Gasteiger partial charge in [-0.15, -0.1) is 0 Å². The standard InChI is InChI=1S/C25H25ClN4O3/c26-19-7-8-21-20(13-19)17(14-28-21)9-10-27-23(31)6-3-11-29-24(32)22-12-16-4-1-2-5-18(16)15-30(22)25(29)33/h1-2,4-5,7-8,13-14,22,28H,3,6,9-12,15H2,(H,27,31)/t22-/m1/s1. The summed E-state index contributed by atoms with van der Waals surface area (Å²) in [4.78, 5) is 44.1. The first-order valence-electron chi connectivity index (χ1n) is 11.2. The molecule has 2 aromatic carbocycles. The van der Waals surface area contributed by atoms with Crippen molar-refractivity contribution < 1.29 is 14.4 Å². The Labute approximate surface area is 196 Å². The van der Waals surface area contributed by atoms with Gasteiger partial charge in [0.1, 0.15) is 6.04 Å². The average molecular weight is 465 g/mol. The molecule has 3 heterocycles. The van der Waals surface area contributed by atoms with Crippen molar-refractivity contribution in [3.63, 3.8) is 0 Å². The van der Waals surface area contributed by atoms with Gasteiger partial charge in [-0.25, -0.2) is 4.79 Å². The summed E-state index contributed by atoms with van der Waals surface area (Å²) in [5.41, 5.74) is 4.32. The Bertz CT molecular complexity index is 1190. The summed E-state index contributed by atoms with van der Waals surface area (Å²) < 4.78 is 0. The van der Waals surface area contributed by atoms with Crippen LogP contribution in [0.5, 0.6) is 0 Å². The number of halogens is 1. The second-order valence-electron chi connectivity index (χ2n) is 8.60. The number of nitrogens with zero attached hydrogens (tertiary/aromatic N) is 2. The van der Waals surface area contributed by atoms with Crippen LogP contribution < -0.4 is 5.32 Å². The van der Waals surface area contributed by atoms with Gasteiger partial charge in [-0.2, -0.15) is 0 Å². The average Bonchev–Trinajstić information content (AvgIpc) is 3.31. The van der Waals surface area contributed by atoms with Crippen molar-refractivity contribution in [3.8, 4) is 0 Å². The summed E-state index contributed by atoms with van der Waals surface area (Å²) in [6, 6.07) is 12.9. The number of imide groups is 1. The lowest BCUT2D eigenvalue weighted by molar-refractivity contribution is -0.129. The third-order valence-corrected chi connectivity index (χ3v) is 6.74. The maximum absolute atomic E-state index is 12.8. The Kier molecular flexibility index (Phi) is 5.81. The summed E-state index contributed by atoms with van der Waals surface area (Å²) >= 11 is 6.09. The summed E-state index contributed by atoms with van der Waals surface area (Å²) in [6.07, 6.45) is 3.88. The highest BCUT2D eigenvalue weighted by molar-refractivity contribution is 6.31. The van der Waals surface area contributed by atoms with Crippen molar-refractivity contribution in [1.82, 2.24) is 20.1 Å². The molecule has 5 rings (SSSR count). The lowest BCUT2D eigenvalue weighted by Gasteiger charge is -2.28. The van der Waals surface area contributed by atoms with Crippen LogP contribution in [0.3, 0.4) is 0 Å². The van der Waals surface area contributed by atoms with Gasteiger partial charge in [-0.3, -0.25) is 14.5 Å². The van der Waals surface area contributed by atoms with E-state index < -0.39 is 6.04 Å². The van der Waals surface area contributed by atoms with Crippen LogP contribution in [0.2, 0.25) is 5.02 Å². The van der Waals surface area contributed by atoms with Crippen molar-refractivity contribution in [2.75, 3.05) is 13.1 Å². The Morgan fingerprint density at radius 3 is 2.82 bits per heavy atom. The molecule has 33 heavy (non-hydrogen) atoms. The number of rotatable bonds is 7. The molecule has 0 radical (unpaired) electrons. The minimum Gasteiger partial charge on any atom is -0.361 e. The molecule has 4 amide bonds. The molecular weight excluding hydrogens is 440 g/mol. The summed E-state index contributed by atoms with van der Waals surface area (Å²) in [6.45, 7) is 1.23. The number of hydrogen-bond acceptors (Lipinski definition) is 3. The Hall–Kier alpha value is -3.32. The van der Waals surface area contributed by atoms with Crippen molar-refractivity contribution >= 4 is 40.3 Å². The molecule has 0 saturated carbocycles. The fourth-order valence-electron chi connectivity index (χ4n) is 4.76. The molecule has 1 atom stereocenters. The predicted molar refractivity (Wildman–Crippen MR) is 126 cm³/mol. The number of nitrogens with one attached hydrogen (secondary N) is 2. The minimum atomic E-state index is -0.425. The van der Waals surface area contributed by atoms with Crippen LogP contribution in [0.1, 0.15) is 29.5 Å². The number of amides is 4. The zero-order chi connectivity index (χ0) is 22.9. The topological polar surface area (TPSA) is 85.5 Å². The van der Waals surface area contributed by atoms with Gasteiger partial charge >= 0.3 is 6.03 Å². The highest BCUT2D eigenvalue weighted by Crippen LogP contribution is 2.30. The van der Waals surface area contributed by atoms with Crippen LogP contribution in [-0.4, -0.2) is 51.8 Å².